The van der Waals surface area contributed by atoms with E-state index in [0.29, 0.717) is 17.9 Å². The van der Waals surface area contributed by atoms with Gasteiger partial charge in [0, 0.05) is 12.7 Å². The third-order valence-electron chi connectivity index (χ3n) is 4.36. The van der Waals surface area contributed by atoms with Gasteiger partial charge >= 0.3 is 12.0 Å². The first-order chi connectivity index (χ1) is 11.2. The van der Waals surface area contributed by atoms with Crippen LogP contribution in [0.3, 0.4) is 0 Å². The molecule has 1 aromatic rings. The number of ether oxygens (including phenoxy) is 1. The maximum absolute atomic E-state index is 12.4. The molecular weight excluding hydrogens is 304 g/mol. The average molecular weight is 330 g/mol. The van der Waals surface area contributed by atoms with Gasteiger partial charge in [0.25, 0.3) is 0 Å². The molecule has 2 rings (SSSR count). The van der Waals surface area contributed by atoms with Crippen molar-refractivity contribution in [2.24, 2.45) is 0 Å². The molecule has 130 valence electrons. The molecule has 0 aliphatic carbocycles. The van der Waals surface area contributed by atoms with Crippen molar-refractivity contribution in [1.82, 2.24) is 10.2 Å². The van der Waals surface area contributed by atoms with Crippen LogP contribution in [0.15, 0.2) is 35.5 Å². The summed E-state index contributed by atoms with van der Waals surface area (Å²) in [5.41, 5.74) is 3.20. The van der Waals surface area contributed by atoms with Crippen molar-refractivity contribution < 1.29 is 14.3 Å². The van der Waals surface area contributed by atoms with Gasteiger partial charge in [-0.2, -0.15) is 0 Å². The first-order valence-electron chi connectivity index (χ1n) is 8.19. The summed E-state index contributed by atoms with van der Waals surface area (Å²) in [6, 6.07) is 7.27. The molecule has 5 nitrogen and oxygen atoms in total. The molecule has 2 amide bonds. The standard InChI is InChI=1S/C19H26N2O3/c1-7-24-17(22)15-12(2)21(6)18(23)20-16(15)13-8-10-14(11-9-13)19(3,4)5/h8-11,16H,7H2,1-6H3,(H,20,23)/t16-/m1/s1. The Labute approximate surface area is 143 Å². The van der Waals surface area contributed by atoms with Gasteiger partial charge in [0.15, 0.2) is 0 Å². The first-order valence-corrected chi connectivity index (χ1v) is 8.19. The van der Waals surface area contributed by atoms with Gasteiger partial charge in [-0.25, -0.2) is 9.59 Å². The zero-order valence-corrected chi connectivity index (χ0v) is 15.3. The molecule has 0 fully saturated rings. The Kier molecular flexibility index (Phi) is 5.02. The number of rotatable bonds is 3. The van der Waals surface area contributed by atoms with E-state index in [9.17, 15) is 9.59 Å². The van der Waals surface area contributed by atoms with Crippen molar-refractivity contribution in [1.29, 1.82) is 0 Å². The molecule has 1 heterocycles. The molecule has 0 spiro atoms. The van der Waals surface area contributed by atoms with Crippen molar-refractivity contribution in [3.63, 3.8) is 0 Å². The molecule has 1 aliphatic rings. The maximum atomic E-state index is 12.4. The van der Waals surface area contributed by atoms with Crippen LogP contribution in [0.4, 0.5) is 4.79 Å². The molecule has 1 N–H and O–H groups in total. The predicted octanol–water partition coefficient (Wildman–Crippen LogP) is 3.52. The third-order valence-corrected chi connectivity index (χ3v) is 4.36. The Bertz CT molecular complexity index is 669. The largest absolute Gasteiger partial charge is 0.463 e. The van der Waals surface area contributed by atoms with Crippen LogP contribution in [0.25, 0.3) is 0 Å². The lowest BCUT2D eigenvalue weighted by Crippen LogP contribution is -2.46. The molecule has 0 bridgehead atoms. The third kappa shape index (κ3) is 3.45. The lowest BCUT2D eigenvalue weighted by Gasteiger charge is -2.33. The van der Waals surface area contributed by atoms with E-state index in [2.05, 4.69) is 26.1 Å². The van der Waals surface area contributed by atoms with Crippen LogP contribution >= 0.6 is 0 Å². The van der Waals surface area contributed by atoms with Gasteiger partial charge < -0.3 is 15.0 Å². The summed E-state index contributed by atoms with van der Waals surface area (Å²) in [7, 11) is 1.64. The SMILES string of the molecule is CCOC(=O)C1=C(C)N(C)C(=O)N[C@@H]1c1ccc(C(C)(C)C)cc1. The van der Waals surface area contributed by atoms with Crippen LogP contribution in [0.2, 0.25) is 0 Å². The molecule has 24 heavy (non-hydrogen) atoms. The Morgan fingerprint density at radius 1 is 1.25 bits per heavy atom. The van der Waals surface area contributed by atoms with Crippen LogP contribution in [-0.2, 0) is 14.9 Å². The van der Waals surface area contributed by atoms with Crippen LogP contribution in [-0.4, -0.2) is 30.6 Å². The Hall–Kier alpha value is -2.30. The molecule has 1 aromatic carbocycles. The fourth-order valence-corrected chi connectivity index (χ4v) is 2.73. The summed E-state index contributed by atoms with van der Waals surface area (Å²) in [5, 5.41) is 2.89. The molecule has 0 saturated carbocycles. The second-order valence-corrected chi connectivity index (χ2v) is 7.03. The lowest BCUT2D eigenvalue weighted by molar-refractivity contribution is -0.139. The topological polar surface area (TPSA) is 58.6 Å². The van der Waals surface area contributed by atoms with Crippen LogP contribution in [0.1, 0.15) is 51.8 Å². The van der Waals surface area contributed by atoms with Crippen LogP contribution < -0.4 is 5.32 Å². The number of hydrogen-bond donors (Lipinski definition) is 1. The number of esters is 1. The second-order valence-electron chi connectivity index (χ2n) is 7.03. The number of urea groups is 1. The van der Waals surface area contributed by atoms with E-state index >= 15 is 0 Å². The summed E-state index contributed by atoms with van der Waals surface area (Å²) in [4.78, 5) is 26.0. The summed E-state index contributed by atoms with van der Waals surface area (Å²) < 4.78 is 5.19. The Morgan fingerprint density at radius 2 is 1.83 bits per heavy atom. The molecule has 0 radical (unpaired) electrons. The van der Waals surface area contributed by atoms with Crippen molar-refractivity contribution in [2.45, 2.75) is 46.1 Å². The minimum atomic E-state index is -0.498. The van der Waals surface area contributed by atoms with E-state index in [0.717, 1.165) is 5.56 Å². The van der Waals surface area contributed by atoms with E-state index in [-0.39, 0.29) is 11.4 Å². The molecule has 1 atom stereocenters. The number of benzene rings is 1. The molecular formula is C19H26N2O3. The van der Waals surface area contributed by atoms with Crippen LogP contribution in [0.5, 0.6) is 0 Å². The lowest BCUT2D eigenvalue weighted by atomic mass is 9.85. The van der Waals surface area contributed by atoms with Gasteiger partial charge in [0.1, 0.15) is 0 Å². The zero-order valence-electron chi connectivity index (χ0n) is 15.3. The van der Waals surface area contributed by atoms with Gasteiger partial charge in [-0.3, -0.25) is 0 Å². The summed E-state index contributed by atoms with van der Waals surface area (Å²) in [6.45, 7) is 10.3. The summed E-state index contributed by atoms with van der Waals surface area (Å²) in [6.07, 6.45) is 0. The van der Waals surface area contributed by atoms with E-state index in [4.69, 9.17) is 4.74 Å². The molecule has 0 saturated heterocycles. The smallest absolute Gasteiger partial charge is 0.338 e. The number of nitrogens with zero attached hydrogens (tertiary/aromatic N) is 1. The number of carbonyl (C=O) groups is 2. The number of amides is 2. The second kappa shape index (κ2) is 6.67. The predicted molar refractivity (Wildman–Crippen MR) is 93.5 cm³/mol. The number of hydrogen-bond acceptors (Lipinski definition) is 3. The summed E-state index contributed by atoms with van der Waals surface area (Å²) in [5.74, 6) is -0.397. The highest BCUT2D eigenvalue weighted by molar-refractivity contribution is 5.94. The quantitative estimate of drug-likeness (QED) is 0.863. The van der Waals surface area contributed by atoms with Gasteiger partial charge in [-0.05, 0) is 30.4 Å². The fourth-order valence-electron chi connectivity index (χ4n) is 2.73. The minimum absolute atomic E-state index is 0.0459. The Balaban J connectivity index is 2.46. The number of nitrogens with one attached hydrogen (secondary N) is 1. The van der Waals surface area contributed by atoms with E-state index in [1.165, 1.54) is 10.5 Å². The van der Waals surface area contributed by atoms with Crippen molar-refractivity contribution in [3.8, 4) is 0 Å². The summed E-state index contributed by atoms with van der Waals surface area (Å²) >= 11 is 0. The normalized spacial score (nSPS) is 18.5. The Morgan fingerprint density at radius 3 is 2.33 bits per heavy atom. The molecule has 0 aromatic heterocycles. The van der Waals surface area contributed by atoms with Gasteiger partial charge in [0.2, 0.25) is 0 Å². The van der Waals surface area contributed by atoms with Gasteiger partial charge in [-0.15, -0.1) is 0 Å². The van der Waals surface area contributed by atoms with E-state index in [1.54, 1.807) is 20.9 Å². The fraction of sp³-hybridized carbons (Fsp3) is 0.474. The molecule has 0 unspecified atom stereocenters. The first kappa shape index (κ1) is 18.0. The van der Waals surface area contributed by atoms with E-state index < -0.39 is 12.0 Å². The molecule has 1 aliphatic heterocycles. The minimum Gasteiger partial charge on any atom is -0.463 e. The zero-order chi connectivity index (χ0) is 18.1. The number of allylic oxidation sites excluding steroid dienone is 1. The molecule has 5 heteroatoms. The van der Waals surface area contributed by atoms with Crippen LogP contribution in [0, 0.1) is 0 Å². The highest BCUT2D eigenvalue weighted by Gasteiger charge is 2.34. The number of carbonyl (C=O) groups excluding carboxylic acids is 2. The van der Waals surface area contributed by atoms with Gasteiger partial charge in [-0.1, -0.05) is 45.0 Å². The van der Waals surface area contributed by atoms with Gasteiger partial charge in [0.05, 0.1) is 18.2 Å². The maximum Gasteiger partial charge on any atom is 0.338 e. The monoisotopic (exact) mass is 330 g/mol. The van der Waals surface area contributed by atoms with Crippen molar-refractivity contribution >= 4 is 12.0 Å². The van der Waals surface area contributed by atoms with Crippen molar-refractivity contribution in [3.05, 3.63) is 46.7 Å². The van der Waals surface area contributed by atoms with Crippen molar-refractivity contribution in [2.75, 3.05) is 13.7 Å². The van der Waals surface area contributed by atoms with E-state index in [1.807, 2.05) is 24.3 Å². The highest BCUT2D eigenvalue weighted by atomic mass is 16.5. The average Bonchev–Trinajstić information content (AvgIpc) is 2.51. The highest BCUT2D eigenvalue weighted by Crippen LogP contribution is 2.32.